The normalized spacial score (nSPS) is 14.1. The van der Waals surface area contributed by atoms with Gasteiger partial charge in [0, 0.05) is 31.1 Å². The van der Waals surface area contributed by atoms with E-state index in [2.05, 4.69) is 15.4 Å². The number of sulfonamides is 1. The minimum absolute atomic E-state index is 0.00767. The van der Waals surface area contributed by atoms with Gasteiger partial charge in [0.1, 0.15) is 0 Å². The van der Waals surface area contributed by atoms with Gasteiger partial charge in [-0.1, -0.05) is 49.6 Å². The summed E-state index contributed by atoms with van der Waals surface area (Å²) in [6, 6.07) is 16.0. The van der Waals surface area contributed by atoms with Gasteiger partial charge in [0.25, 0.3) is 5.91 Å². The predicted octanol–water partition coefficient (Wildman–Crippen LogP) is 3.56. The Kier molecular flexibility index (Phi) is 10.1. The van der Waals surface area contributed by atoms with Crippen LogP contribution in [0.25, 0.3) is 0 Å². The van der Waals surface area contributed by atoms with Gasteiger partial charge >= 0.3 is 0 Å². The molecule has 0 bridgehead atoms. The van der Waals surface area contributed by atoms with Crippen LogP contribution in [0.5, 0.6) is 0 Å². The summed E-state index contributed by atoms with van der Waals surface area (Å²) >= 11 is 0. The SMILES string of the molecule is O=C(CCCCCNC(=O)c1ccccc1)NCCc1ccc(S(=O)(=O)NC2CCCC2)cc1. The van der Waals surface area contributed by atoms with E-state index in [-0.39, 0.29) is 22.8 Å². The monoisotopic (exact) mass is 485 g/mol. The van der Waals surface area contributed by atoms with Gasteiger partial charge in [-0.25, -0.2) is 13.1 Å². The first kappa shape index (κ1) is 25.9. The Labute approximate surface area is 202 Å². The predicted molar refractivity (Wildman–Crippen MR) is 133 cm³/mol. The molecule has 1 aliphatic carbocycles. The maximum absolute atomic E-state index is 12.5. The first-order valence-electron chi connectivity index (χ1n) is 12.2. The zero-order valence-corrected chi connectivity index (χ0v) is 20.4. The average Bonchev–Trinajstić information content (AvgIpc) is 3.34. The zero-order chi connectivity index (χ0) is 24.2. The van der Waals surface area contributed by atoms with Gasteiger partial charge < -0.3 is 10.6 Å². The highest BCUT2D eigenvalue weighted by molar-refractivity contribution is 7.89. The second kappa shape index (κ2) is 13.2. The van der Waals surface area contributed by atoms with Crippen LogP contribution in [-0.4, -0.2) is 39.4 Å². The van der Waals surface area contributed by atoms with Crippen molar-refractivity contribution in [2.24, 2.45) is 0 Å². The van der Waals surface area contributed by atoms with Gasteiger partial charge in [0.05, 0.1) is 4.90 Å². The molecule has 0 spiro atoms. The summed E-state index contributed by atoms with van der Waals surface area (Å²) in [5, 5.41) is 5.80. The summed E-state index contributed by atoms with van der Waals surface area (Å²) in [5.74, 6) is -0.0673. The van der Waals surface area contributed by atoms with E-state index in [4.69, 9.17) is 0 Å². The van der Waals surface area contributed by atoms with Crippen molar-refractivity contribution in [3.05, 3.63) is 65.7 Å². The minimum Gasteiger partial charge on any atom is -0.356 e. The Balaban J connectivity index is 1.26. The molecule has 1 saturated carbocycles. The number of hydrogen-bond donors (Lipinski definition) is 3. The van der Waals surface area contributed by atoms with Crippen LogP contribution < -0.4 is 15.4 Å². The number of carbonyl (C=O) groups excluding carboxylic acids is 2. The summed E-state index contributed by atoms with van der Waals surface area (Å²) in [6.07, 6.45) is 7.53. The summed E-state index contributed by atoms with van der Waals surface area (Å²) in [6.45, 7) is 1.11. The first-order chi connectivity index (χ1) is 16.4. The van der Waals surface area contributed by atoms with E-state index < -0.39 is 10.0 Å². The molecule has 0 aromatic heterocycles. The van der Waals surface area contributed by atoms with Crippen molar-refractivity contribution in [2.75, 3.05) is 13.1 Å². The van der Waals surface area contributed by atoms with Crippen molar-refractivity contribution >= 4 is 21.8 Å². The molecule has 184 valence electrons. The molecule has 0 saturated heterocycles. The van der Waals surface area contributed by atoms with E-state index in [1.54, 1.807) is 36.4 Å². The molecule has 1 aliphatic rings. The third-order valence-corrected chi connectivity index (χ3v) is 7.59. The molecular weight excluding hydrogens is 450 g/mol. The fourth-order valence-corrected chi connectivity index (χ4v) is 5.39. The lowest BCUT2D eigenvalue weighted by atomic mass is 10.1. The van der Waals surface area contributed by atoms with E-state index in [0.29, 0.717) is 31.5 Å². The van der Waals surface area contributed by atoms with Crippen molar-refractivity contribution < 1.29 is 18.0 Å². The molecule has 0 atom stereocenters. The van der Waals surface area contributed by atoms with Crippen LogP contribution in [0.15, 0.2) is 59.5 Å². The summed E-state index contributed by atoms with van der Waals surface area (Å²) in [5.41, 5.74) is 1.63. The van der Waals surface area contributed by atoms with E-state index in [1.165, 1.54) is 0 Å². The van der Waals surface area contributed by atoms with Gasteiger partial charge in [-0.15, -0.1) is 0 Å². The zero-order valence-electron chi connectivity index (χ0n) is 19.6. The van der Waals surface area contributed by atoms with Gasteiger partial charge in [0.2, 0.25) is 15.9 Å². The highest BCUT2D eigenvalue weighted by Crippen LogP contribution is 2.20. The van der Waals surface area contributed by atoms with Crippen molar-refractivity contribution in [1.29, 1.82) is 0 Å². The molecule has 7 nitrogen and oxygen atoms in total. The number of rotatable bonds is 13. The lowest BCUT2D eigenvalue weighted by molar-refractivity contribution is -0.121. The Morgan fingerprint density at radius 3 is 2.24 bits per heavy atom. The van der Waals surface area contributed by atoms with Crippen LogP contribution >= 0.6 is 0 Å². The smallest absolute Gasteiger partial charge is 0.251 e. The maximum Gasteiger partial charge on any atom is 0.251 e. The molecule has 2 amide bonds. The second-order valence-electron chi connectivity index (χ2n) is 8.78. The summed E-state index contributed by atoms with van der Waals surface area (Å²) in [4.78, 5) is 24.3. The standard InChI is InChI=1S/C26H35N3O4S/c30-25(13-5-2-8-19-28-26(31)22-9-3-1-4-10-22)27-20-18-21-14-16-24(17-15-21)34(32,33)29-23-11-6-7-12-23/h1,3-4,9-10,14-17,23,29H,2,5-8,11-13,18-20H2,(H,27,30)(H,28,31). The fraction of sp³-hybridized carbons (Fsp3) is 0.462. The first-order valence-corrected chi connectivity index (χ1v) is 13.6. The van der Waals surface area contributed by atoms with Crippen molar-refractivity contribution in [2.45, 2.75) is 68.7 Å². The average molecular weight is 486 g/mol. The molecule has 3 N–H and O–H groups in total. The Morgan fingerprint density at radius 1 is 0.824 bits per heavy atom. The van der Waals surface area contributed by atoms with E-state index in [0.717, 1.165) is 50.5 Å². The van der Waals surface area contributed by atoms with E-state index >= 15 is 0 Å². The lowest BCUT2D eigenvalue weighted by Crippen LogP contribution is -2.32. The quantitative estimate of drug-likeness (QED) is 0.377. The molecule has 2 aromatic rings. The fourth-order valence-electron chi connectivity index (χ4n) is 4.08. The molecule has 0 heterocycles. The van der Waals surface area contributed by atoms with Crippen LogP contribution in [0.4, 0.5) is 0 Å². The Morgan fingerprint density at radius 2 is 1.53 bits per heavy atom. The maximum atomic E-state index is 12.5. The number of unbranched alkanes of at least 4 members (excludes halogenated alkanes) is 2. The number of amides is 2. The highest BCUT2D eigenvalue weighted by Gasteiger charge is 2.22. The largest absolute Gasteiger partial charge is 0.356 e. The topological polar surface area (TPSA) is 104 Å². The van der Waals surface area contributed by atoms with Crippen LogP contribution in [0, 0.1) is 0 Å². The second-order valence-corrected chi connectivity index (χ2v) is 10.5. The number of benzene rings is 2. The van der Waals surface area contributed by atoms with Crippen molar-refractivity contribution in [3.8, 4) is 0 Å². The molecule has 8 heteroatoms. The van der Waals surface area contributed by atoms with Gasteiger partial charge in [0.15, 0.2) is 0 Å². The minimum atomic E-state index is -3.47. The van der Waals surface area contributed by atoms with E-state index in [9.17, 15) is 18.0 Å². The van der Waals surface area contributed by atoms with Crippen LogP contribution in [-0.2, 0) is 21.2 Å². The molecule has 2 aromatic carbocycles. The molecule has 34 heavy (non-hydrogen) atoms. The van der Waals surface area contributed by atoms with Crippen molar-refractivity contribution in [1.82, 2.24) is 15.4 Å². The molecule has 0 radical (unpaired) electrons. The third kappa shape index (κ3) is 8.57. The highest BCUT2D eigenvalue weighted by atomic mass is 32.2. The number of nitrogens with one attached hydrogen (secondary N) is 3. The Bertz CT molecular complexity index is 1020. The van der Waals surface area contributed by atoms with Gasteiger partial charge in [-0.05, 0) is 61.9 Å². The Hall–Kier alpha value is -2.71. The van der Waals surface area contributed by atoms with E-state index in [1.807, 2.05) is 18.2 Å². The number of hydrogen-bond acceptors (Lipinski definition) is 4. The van der Waals surface area contributed by atoms with Crippen molar-refractivity contribution in [3.63, 3.8) is 0 Å². The molecule has 3 rings (SSSR count). The lowest BCUT2D eigenvalue weighted by Gasteiger charge is -2.13. The summed E-state index contributed by atoms with van der Waals surface area (Å²) in [7, 11) is -3.47. The van der Waals surface area contributed by atoms with Crippen LogP contribution in [0.3, 0.4) is 0 Å². The molecule has 0 aliphatic heterocycles. The van der Waals surface area contributed by atoms with Crippen LogP contribution in [0.2, 0.25) is 0 Å². The molecule has 0 unspecified atom stereocenters. The molecule has 1 fully saturated rings. The van der Waals surface area contributed by atoms with Gasteiger partial charge in [-0.2, -0.15) is 0 Å². The van der Waals surface area contributed by atoms with Crippen LogP contribution in [0.1, 0.15) is 67.3 Å². The molecular formula is C26H35N3O4S. The van der Waals surface area contributed by atoms with Gasteiger partial charge in [-0.3, -0.25) is 9.59 Å². The third-order valence-electron chi connectivity index (χ3n) is 6.05. The number of carbonyl (C=O) groups is 2. The summed E-state index contributed by atoms with van der Waals surface area (Å²) < 4.78 is 27.7.